The van der Waals surface area contributed by atoms with Gasteiger partial charge in [0.05, 0.1) is 20.3 Å². The number of ether oxygens (including phenoxy) is 2. The summed E-state index contributed by atoms with van der Waals surface area (Å²) in [6, 6.07) is 4.13. The third-order valence-corrected chi connectivity index (χ3v) is 5.65. The zero-order valence-electron chi connectivity index (χ0n) is 11.7. The molecule has 1 aromatic carbocycles. The van der Waals surface area contributed by atoms with Crippen molar-refractivity contribution in [2.24, 2.45) is 0 Å². The van der Waals surface area contributed by atoms with Gasteiger partial charge in [0, 0.05) is 17.1 Å². The molecule has 1 fully saturated rings. The van der Waals surface area contributed by atoms with Crippen LogP contribution in [0.25, 0.3) is 0 Å². The van der Waals surface area contributed by atoms with Crippen molar-refractivity contribution in [1.29, 1.82) is 0 Å². The van der Waals surface area contributed by atoms with Gasteiger partial charge in [-0.3, -0.25) is 0 Å². The van der Waals surface area contributed by atoms with E-state index in [1.807, 2.05) is 13.8 Å². The van der Waals surface area contributed by atoms with Gasteiger partial charge >= 0.3 is 0 Å². The number of rotatable bonds is 3. The Morgan fingerprint density at radius 2 is 1.90 bits per heavy atom. The molecule has 1 saturated heterocycles. The molecule has 0 spiro atoms. The molecule has 0 bridgehead atoms. The first-order valence-corrected chi connectivity index (χ1v) is 8.14. The second kappa shape index (κ2) is 5.89. The monoisotopic (exact) mass is 319 g/mol. The summed E-state index contributed by atoms with van der Waals surface area (Å²) >= 11 is 5.93. The van der Waals surface area contributed by atoms with Crippen LogP contribution in [0.4, 0.5) is 0 Å². The minimum absolute atomic E-state index is 0.0908. The Balaban J connectivity index is 2.51. The lowest BCUT2D eigenvalue weighted by atomic mass is 10.2. The van der Waals surface area contributed by atoms with Crippen molar-refractivity contribution >= 4 is 21.6 Å². The Bertz CT molecular complexity index is 580. The van der Waals surface area contributed by atoms with Crippen molar-refractivity contribution < 1.29 is 17.9 Å². The standard InChI is InChI=1S/C13H18ClNO4S/c1-9-7-19-8-10(2)15(9)20(16,17)13-6-11(14)4-5-12(13)18-3/h4-6,9-10H,7-8H2,1-3H3. The van der Waals surface area contributed by atoms with Gasteiger partial charge < -0.3 is 9.47 Å². The Kier molecular flexibility index (Phi) is 4.59. The van der Waals surface area contributed by atoms with Crippen LogP contribution in [0.15, 0.2) is 23.1 Å². The number of nitrogens with zero attached hydrogens (tertiary/aromatic N) is 1. The van der Waals surface area contributed by atoms with E-state index >= 15 is 0 Å². The van der Waals surface area contributed by atoms with Gasteiger partial charge in [-0.1, -0.05) is 11.6 Å². The Hall–Kier alpha value is -0.820. The minimum atomic E-state index is -3.68. The first kappa shape index (κ1) is 15.6. The van der Waals surface area contributed by atoms with Crippen LogP contribution >= 0.6 is 11.6 Å². The third kappa shape index (κ3) is 2.79. The summed E-state index contributed by atoms with van der Waals surface area (Å²) in [5.74, 6) is 0.292. The molecule has 0 radical (unpaired) electrons. The third-order valence-electron chi connectivity index (χ3n) is 3.27. The van der Waals surface area contributed by atoms with Crippen LogP contribution < -0.4 is 4.74 Å². The fourth-order valence-corrected chi connectivity index (χ4v) is 4.64. The Morgan fingerprint density at radius 3 is 2.45 bits per heavy atom. The lowest BCUT2D eigenvalue weighted by molar-refractivity contribution is 0.00630. The average molecular weight is 320 g/mol. The van der Waals surface area contributed by atoms with E-state index < -0.39 is 10.0 Å². The number of sulfonamides is 1. The fraction of sp³-hybridized carbons (Fsp3) is 0.538. The molecule has 1 aromatic rings. The van der Waals surface area contributed by atoms with Crippen LogP contribution in [0.3, 0.4) is 0 Å². The maximum Gasteiger partial charge on any atom is 0.247 e. The molecule has 0 aromatic heterocycles. The molecule has 0 aliphatic carbocycles. The zero-order valence-corrected chi connectivity index (χ0v) is 13.2. The molecule has 2 rings (SSSR count). The molecule has 1 aliphatic rings. The highest BCUT2D eigenvalue weighted by molar-refractivity contribution is 7.89. The molecule has 0 N–H and O–H groups in total. The van der Waals surface area contributed by atoms with E-state index in [1.54, 1.807) is 12.1 Å². The van der Waals surface area contributed by atoms with Crippen molar-refractivity contribution in [1.82, 2.24) is 4.31 Å². The molecule has 1 aliphatic heterocycles. The normalized spacial score (nSPS) is 24.6. The summed E-state index contributed by atoms with van der Waals surface area (Å²) in [6.45, 7) is 4.41. The van der Waals surface area contributed by atoms with E-state index in [0.29, 0.717) is 24.0 Å². The maximum absolute atomic E-state index is 12.9. The van der Waals surface area contributed by atoms with Crippen molar-refractivity contribution in [3.63, 3.8) is 0 Å². The van der Waals surface area contributed by atoms with E-state index in [4.69, 9.17) is 21.1 Å². The molecule has 20 heavy (non-hydrogen) atoms. The number of halogens is 1. The van der Waals surface area contributed by atoms with Gasteiger partial charge in [-0.15, -0.1) is 0 Å². The molecule has 5 nitrogen and oxygen atoms in total. The first-order valence-electron chi connectivity index (χ1n) is 6.32. The van der Waals surface area contributed by atoms with Crippen molar-refractivity contribution in [2.75, 3.05) is 20.3 Å². The molecule has 7 heteroatoms. The number of benzene rings is 1. The van der Waals surface area contributed by atoms with E-state index in [1.165, 1.54) is 17.5 Å². The summed E-state index contributed by atoms with van der Waals surface area (Å²) in [4.78, 5) is 0.0908. The Labute approximate surface area is 124 Å². The molecular formula is C13H18ClNO4S. The van der Waals surface area contributed by atoms with Crippen LogP contribution in [-0.4, -0.2) is 45.1 Å². The largest absolute Gasteiger partial charge is 0.495 e. The molecule has 0 saturated carbocycles. The number of hydrogen-bond acceptors (Lipinski definition) is 4. The number of morpholine rings is 1. The van der Waals surface area contributed by atoms with Gasteiger partial charge in [0.1, 0.15) is 10.6 Å². The second-order valence-electron chi connectivity index (χ2n) is 4.87. The fourth-order valence-electron chi connectivity index (χ4n) is 2.43. The zero-order chi connectivity index (χ0) is 14.9. The summed E-state index contributed by atoms with van der Waals surface area (Å²) in [7, 11) is -2.24. The van der Waals surface area contributed by atoms with Crippen molar-refractivity contribution in [3.8, 4) is 5.75 Å². The van der Waals surface area contributed by atoms with Gasteiger partial charge in [0.2, 0.25) is 10.0 Å². The lowest BCUT2D eigenvalue weighted by Crippen LogP contribution is -2.52. The van der Waals surface area contributed by atoms with Crippen molar-refractivity contribution in [3.05, 3.63) is 23.2 Å². The van der Waals surface area contributed by atoms with Crippen LogP contribution in [0, 0.1) is 0 Å². The predicted molar refractivity (Wildman–Crippen MR) is 76.8 cm³/mol. The second-order valence-corrected chi connectivity index (χ2v) is 7.11. The first-order chi connectivity index (χ1) is 9.37. The summed E-state index contributed by atoms with van der Waals surface area (Å²) in [5, 5.41) is 0.359. The van der Waals surface area contributed by atoms with Gasteiger partial charge in [-0.2, -0.15) is 4.31 Å². The quantitative estimate of drug-likeness (QED) is 0.856. The summed E-state index contributed by atoms with van der Waals surface area (Å²) in [6.07, 6.45) is 0. The SMILES string of the molecule is COc1ccc(Cl)cc1S(=O)(=O)N1C(C)COCC1C. The van der Waals surface area contributed by atoms with Crippen LogP contribution in [0.2, 0.25) is 5.02 Å². The highest BCUT2D eigenvalue weighted by Crippen LogP contribution is 2.32. The predicted octanol–water partition coefficient (Wildman–Crippen LogP) is 2.15. The molecule has 2 unspecified atom stereocenters. The van der Waals surface area contributed by atoms with Gasteiger partial charge in [0.25, 0.3) is 0 Å². The van der Waals surface area contributed by atoms with E-state index in [-0.39, 0.29) is 17.0 Å². The maximum atomic E-state index is 12.9. The number of hydrogen-bond donors (Lipinski definition) is 0. The highest BCUT2D eigenvalue weighted by Gasteiger charge is 2.37. The summed E-state index contributed by atoms with van der Waals surface area (Å²) < 4.78 is 37.7. The van der Waals surface area contributed by atoms with E-state index in [0.717, 1.165) is 0 Å². The molecular weight excluding hydrogens is 302 g/mol. The van der Waals surface area contributed by atoms with E-state index in [2.05, 4.69) is 0 Å². The van der Waals surface area contributed by atoms with Crippen LogP contribution in [-0.2, 0) is 14.8 Å². The summed E-state index contributed by atoms with van der Waals surface area (Å²) in [5.41, 5.74) is 0. The molecule has 112 valence electrons. The average Bonchev–Trinajstić information content (AvgIpc) is 2.38. The minimum Gasteiger partial charge on any atom is -0.495 e. The molecule has 0 amide bonds. The van der Waals surface area contributed by atoms with Crippen LogP contribution in [0.5, 0.6) is 5.75 Å². The topological polar surface area (TPSA) is 55.8 Å². The van der Waals surface area contributed by atoms with Gasteiger partial charge in [-0.25, -0.2) is 8.42 Å². The smallest absolute Gasteiger partial charge is 0.247 e. The number of methoxy groups -OCH3 is 1. The molecule has 2 atom stereocenters. The van der Waals surface area contributed by atoms with Crippen LogP contribution in [0.1, 0.15) is 13.8 Å². The van der Waals surface area contributed by atoms with Gasteiger partial charge in [-0.05, 0) is 32.0 Å². The van der Waals surface area contributed by atoms with E-state index in [9.17, 15) is 8.42 Å². The van der Waals surface area contributed by atoms with Gasteiger partial charge in [0.15, 0.2) is 0 Å². The highest BCUT2D eigenvalue weighted by atomic mass is 35.5. The Morgan fingerprint density at radius 1 is 1.30 bits per heavy atom. The lowest BCUT2D eigenvalue weighted by Gasteiger charge is -2.37. The van der Waals surface area contributed by atoms with Crippen molar-refractivity contribution in [2.45, 2.75) is 30.8 Å². The molecule has 1 heterocycles.